The standard InChI is InChI=1S/C15H20N4O3/c1-21-14-7-13-9(6-12(14)16)8-19(18-13)10-2-4-11(5-3-10)22-15(17)20/h6-8,10-11H,2-5,16H2,1H3,(H2,17,20)/t10-,11-. The van der Waals surface area contributed by atoms with Crippen LogP contribution in [0.25, 0.3) is 10.9 Å². The van der Waals surface area contributed by atoms with Gasteiger partial charge in [-0.2, -0.15) is 5.10 Å². The topological polar surface area (TPSA) is 105 Å². The highest BCUT2D eigenvalue weighted by atomic mass is 16.6. The van der Waals surface area contributed by atoms with Gasteiger partial charge < -0.3 is 20.9 Å². The lowest BCUT2D eigenvalue weighted by Crippen LogP contribution is -2.28. The van der Waals surface area contributed by atoms with Gasteiger partial charge in [-0.3, -0.25) is 4.68 Å². The molecule has 1 saturated carbocycles. The van der Waals surface area contributed by atoms with Crippen LogP contribution >= 0.6 is 0 Å². The Morgan fingerprint density at radius 2 is 2.05 bits per heavy atom. The Hall–Kier alpha value is -2.44. The van der Waals surface area contributed by atoms with Crippen molar-refractivity contribution < 1.29 is 14.3 Å². The number of nitrogens with zero attached hydrogens (tertiary/aromatic N) is 2. The molecule has 0 spiro atoms. The van der Waals surface area contributed by atoms with Crippen LogP contribution < -0.4 is 16.2 Å². The van der Waals surface area contributed by atoms with Crippen LogP contribution in [0.4, 0.5) is 10.5 Å². The first-order valence-corrected chi connectivity index (χ1v) is 7.35. The summed E-state index contributed by atoms with van der Waals surface area (Å²) < 4.78 is 12.3. The highest BCUT2D eigenvalue weighted by Crippen LogP contribution is 2.32. The molecule has 1 aromatic heterocycles. The Balaban J connectivity index is 1.76. The van der Waals surface area contributed by atoms with Crippen molar-refractivity contribution in [2.45, 2.75) is 37.8 Å². The van der Waals surface area contributed by atoms with Crippen LogP contribution in [-0.2, 0) is 4.74 Å². The molecule has 3 rings (SSSR count). The first kappa shape index (κ1) is 14.5. The Bertz CT molecular complexity index is 689. The van der Waals surface area contributed by atoms with Gasteiger partial charge in [0.1, 0.15) is 11.9 Å². The lowest BCUT2D eigenvalue weighted by molar-refractivity contribution is 0.0710. The molecular formula is C15H20N4O3. The summed E-state index contributed by atoms with van der Waals surface area (Å²) in [6, 6.07) is 4.02. The fourth-order valence-corrected chi connectivity index (χ4v) is 3.04. The molecule has 1 heterocycles. The molecule has 0 unspecified atom stereocenters. The van der Waals surface area contributed by atoms with Gasteiger partial charge in [-0.1, -0.05) is 0 Å². The number of nitrogen functional groups attached to an aromatic ring is 1. The zero-order valence-corrected chi connectivity index (χ0v) is 12.5. The predicted molar refractivity (Wildman–Crippen MR) is 82.7 cm³/mol. The first-order chi connectivity index (χ1) is 10.6. The number of fused-ring (bicyclic) bond motifs is 1. The molecule has 7 nitrogen and oxygen atoms in total. The summed E-state index contributed by atoms with van der Waals surface area (Å²) in [5.41, 5.74) is 12.5. The van der Waals surface area contributed by atoms with E-state index in [1.165, 1.54) is 0 Å². The van der Waals surface area contributed by atoms with E-state index in [2.05, 4.69) is 5.10 Å². The number of rotatable bonds is 3. The largest absolute Gasteiger partial charge is 0.495 e. The zero-order chi connectivity index (χ0) is 15.7. The van der Waals surface area contributed by atoms with Crippen molar-refractivity contribution in [3.8, 4) is 5.75 Å². The van der Waals surface area contributed by atoms with Crippen LogP contribution in [-0.4, -0.2) is 29.1 Å². The summed E-state index contributed by atoms with van der Waals surface area (Å²) >= 11 is 0. The van der Waals surface area contributed by atoms with Gasteiger partial charge in [-0.25, -0.2) is 4.79 Å². The molecule has 0 aliphatic heterocycles. The Morgan fingerprint density at radius 3 is 2.68 bits per heavy atom. The van der Waals surface area contributed by atoms with Gasteiger partial charge in [-0.05, 0) is 31.7 Å². The first-order valence-electron chi connectivity index (χ1n) is 7.35. The van der Waals surface area contributed by atoms with Crippen molar-refractivity contribution in [2.24, 2.45) is 5.73 Å². The number of benzene rings is 1. The monoisotopic (exact) mass is 304 g/mol. The lowest BCUT2D eigenvalue weighted by atomic mass is 9.93. The number of ether oxygens (including phenoxy) is 2. The van der Waals surface area contributed by atoms with Gasteiger partial charge in [0.15, 0.2) is 0 Å². The molecule has 118 valence electrons. The van der Waals surface area contributed by atoms with Gasteiger partial charge in [0.25, 0.3) is 0 Å². The van der Waals surface area contributed by atoms with Gasteiger partial charge in [0.2, 0.25) is 0 Å². The minimum Gasteiger partial charge on any atom is -0.495 e. The van der Waals surface area contributed by atoms with Crippen LogP contribution in [0.3, 0.4) is 0 Å². The molecule has 1 aliphatic carbocycles. The van der Waals surface area contributed by atoms with Crippen LogP contribution in [0.15, 0.2) is 18.3 Å². The van der Waals surface area contributed by atoms with Crippen molar-refractivity contribution >= 4 is 22.7 Å². The Kier molecular flexibility index (Phi) is 3.79. The van der Waals surface area contributed by atoms with Crippen LogP contribution in [0.2, 0.25) is 0 Å². The van der Waals surface area contributed by atoms with E-state index in [4.69, 9.17) is 20.9 Å². The van der Waals surface area contributed by atoms with Crippen LogP contribution in [0.5, 0.6) is 5.75 Å². The second-order valence-electron chi connectivity index (χ2n) is 5.63. The van der Waals surface area contributed by atoms with Crippen molar-refractivity contribution in [1.82, 2.24) is 9.78 Å². The predicted octanol–water partition coefficient (Wildman–Crippen LogP) is 2.21. The Labute approximate surface area is 128 Å². The van der Waals surface area contributed by atoms with Gasteiger partial charge in [0, 0.05) is 17.6 Å². The van der Waals surface area contributed by atoms with Crippen LogP contribution in [0, 0.1) is 0 Å². The molecule has 0 bridgehead atoms. The molecule has 1 fully saturated rings. The third-order valence-electron chi connectivity index (χ3n) is 4.17. The molecule has 0 radical (unpaired) electrons. The molecule has 0 saturated heterocycles. The number of hydrogen-bond donors (Lipinski definition) is 2. The van der Waals surface area contributed by atoms with E-state index in [0.29, 0.717) is 17.5 Å². The molecule has 7 heteroatoms. The second kappa shape index (κ2) is 5.75. The minimum atomic E-state index is -0.698. The third-order valence-corrected chi connectivity index (χ3v) is 4.17. The molecule has 1 amide bonds. The maximum absolute atomic E-state index is 10.8. The number of carbonyl (C=O) groups is 1. The van der Waals surface area contributed by atoms with Crippen molar-refractivity contribution in [3.63, 3.8) is 0 Å². The zero-order valence-electron chi connectivity index (χ0n) is 12.5. The summed E-state index contributed by atoms with van der Waals surface area (Å²) in [5.74, 6) is 0.635. The van der Waals surface area contributed by atoms with E-state index < -0.39 is 6.09 Å². The Morgan fingerprint density at radius 1 is 1.32 bits per heavy atom. The molecule has 22 heavy (non-hydrogen) atoms. The number of nitrogens with two attached hydrogens (primary N) is 2. The summed E-state index contributed by atoms with van der Waals surface area (Å²) in [5, 5.41) is 5.62. The number of aromatic nitrogens is 2. The number of primary amides is 1. The maximum atomic E-state index is 10.8. The minimum absolute atomic E-state index is 0.0746. The average Bonchev–Trinajstić information content (AvgIpc) is 2.89. The van der Waals surface area contributed by atoms with Crippen molar-refractivity contribution in [1.29, 1.82) is 0 Å². The molecule has 1 aliphatic rings. The lowest BCUT2D eigenvalue weighted by Gasteiger charge is -2.27. The van der Waals surface area contributed by atoms with Crippen LogP contribution in [0.1, 0.15) is 31.7 Å². The highest BCUT2D eigenvalue weighted by molar-refractivity contribution is 5.84. The number of hydrogen-bond acceptors (Lipinski definition) is 5. The quantitative estimate of drug-likeness (QED) is 0.846. The number of methoxy groups -OCH3 is 1. The fraction of sp³-hybridized carbons (Fsp3) is 0.467. The molecule has 1 aromatic carbocycles. The molecule has 4 N–H and O–H groups in total. The SMILES string of the molecule is COc1cc2nn([C@H]3CC[C@H](OC(N)=O)CC3)cc2cc1N. The maximum Gasteiger partial charge on any atom is 0.404 e. The van der Waals surface area contributed by atoms with E-state index in [1.807, 2.05) is 23.0 Å². The summed E-state index contributed by atoms with van der Waals surface area (Å²) in [6.07, 6.45) is 4.64. The van der Waals surface area contributed by atoms with E-state index in [1.54, 1.807) is 7.11 Å². The normalized spacial score (nSPS) is 21.7. The third kappa shape index (κ3) is 2.79. The fourth-order valence-electron chi connectivity index (χ4n) is 3.04. The smallest absolute Gasteiger partial charge is 0.404 e. The van der Waals surface area contributed by atoms with E-state index in [9.17, 15) is 4.79 Å². The molecule has 2 aromatic rings. The second-order valence-corrected chi connectivity index (χ2v) is 5.63. The van der Waals surface area contributed by atoms with Crippen molar-refractivity contribution in [2.75, 3.05) is 12.8 Å². The van der Waals surface area contributed by atoms with Gasteiger partial charge in [-0.15, -0.1) is 0 Å². The number of anilines is 1. The number of carbonyl (C=O) groups excluding carboxylic acids is 1. The van der Waals surface area contributed by atoms with E-state index in [-0.39, 0.29) is 6.10 Å². The molecular weight excluding hydrogens is 284 g/mol. The number of amides is 1. The van der Waals surface area contributed by atoms with E-state index >= 15 is 0 Å². The van der Waals surface area contributed by atoms with E-state index in [0.717, 1.165) is 36.6 Å². The summed E-state index contributed by atoms with van der Waals surface area (Å²) in [7, 11) is 1.59. The average molecular weight is 304 g/mol. The van der Waals surface area contributed by atoms with Crippen molar-refractivity contribution in [3.05, 3.63) is 18.3 Å². The van der Waals surface area contributed by atoms with Gasteiger partial charge in [0.05, 0.1) is 24.4 Å². The highest BCUT2D eigenvalue weighted by Gasteiger charge is 2.25. The summed E-state index contributed by atoms with van der Waals surface area (Å²) in [6.45, 7) is 0. The molecule has 0 atom stereocenters. The van der Waals surface area contributed by atoms with Gasteiger partial charge >= 0.3 is 6.09 Å². The summed E-state index contributed by atoms with van der Waals surface area (Å²) in [4.78, 5) is 10.8.